The van der Waals surface area contributed by atoms with Crippen LogP contribution in [0.5, 0.6) is 0 Å². The maximum atomic E-state index is 2.61. The summed E-state index contributed by atoms with van der Waals surface area (Å²) >= 11 is 0. The Morgan fingerprint density at radius 1 is 1.21 bits per heavy atom. The molecule has 0 N–H and O–H groups in total. The van der Waals surface area contributed by atoms with E-state index in [2.05, 4.69) is 56.0 Å². The average Bonchev–Trinajstić information content (AvgIpc) is 2.20. The average molecular weight is 248 g/mol. The van der Waals surface area contributed by atoms with Gasteiger partial charge in [-0.05, 0) is 20.1 Å². The van der Waals surface area contributed by atoms with Crippen molar-refractivity contribution in [1.29, 1.82) is 0 Å². The van der Waals surface area contributed by atoms with Gasteiger partial charge in [-0.25, -0.2) is 0 Å². The van der Waals surface area contributed by atoms with E-state index in [1.54, 1.807) is 0 Å². The minimum absolute atomic E-state index is 0.0706. The van der Waals surface area contributed by atoms with E-state index in [1.165, 1.54) is 12.1 Å². The molecule has 1 aliphatic heterocycles. The molecule has 6 heteroatoms. The van der Waals surface area contributed by atoms with E-state index < -0.39 is 15.6 Å². The molecule has 0 bridgehead atoms. The highest BCUT2D eigenvalue weighted by molar-refractivity contribution is 7.50. The highest BCUT2D eigenvalue weighted by atomic mass is 29.6. The Morgan fingerprint density at radius 3 is 2.21 bits per heavy atom. The lowest BCUT2D eigenvalue weighted by Crippen LogP contribution is -2.76. The van der Waals surface area contributed by atoms with Crippen molar-refractivity contribution in [3.05, 3.63) is 0 Å². The molecule has 1 fully saturated rings. The third kappa shape index (κ3) is 1.91. The van der Waals surface area contributed by atoms with Crippen molar-refractivity contribution in [2.24, 2.45) is 0 Å². The topological polar surface area (TPSA) is 9.72 Å². The summed E-state index contributed by atoms with van der Waals surface area (Å²) in [6.45, 7) is 7.45. The van der Waals surface area contributed by atoms with Crippen LogP contribution >= 0.6 is 0 Å². The van der Waals surface area contributed by atoms with Crippen LogP contribution in [0.2, 0.25) is 18.6 Å². The second kappa shape index (κ2) is 4.58. The molecule has 0 aliphatic carbocycles. The van der Waals surface area contributed by atoms with Crippen LogP contribution in [-0.4, -0.2) is 60.4 Å². The number of hydrogen-bond donors (Lipinski definition) is 0. The molecule has 2 atom stereocenters. The van der Waals surface area contributed by atoms with Crippen LogP contribution in [0.1, 0.15) is 13.8 Å². The molecule has 0 saturated carbocycles. The van der Waals surface area contributed by atoms with Gasteiger partial charge in [-0.1, -0.05) is 26.4 Å². The van der Waals surface area contributed by atoms with Crippen LogP contribution in [0.3, 0.4) is 0 Å². The highest BCUT2D eigenvalue weighted by Gasteiger charge is 2.46. The lowest BCUT2D eigenvalue weighted by molar-refractivity contribution is -0.0363. The van der Waals surface area contributed by atoms with Crippen LogP contribution in [0.4, 0.5) is 0 Å². The van der Waals surface area contributed by atoms with E-state index >= 15 is 0 Å². The number of nitrogens with zero attached hydrogens (tertiary/aromatic N) is 3. The van der Waals surface area contributed by atoms with Gasteiger partial charge in [-0.2, -0.15) is 5.12 Å². The maximum Gasteiger partial charge on any atom is 0.129 e. The first-order chi connectivity index (χ1) is 6.47. The molecule has 0 aromatic heterocycles. The smallest absolute Gasteiger partial charge is 0.129 e. The zero-order valence-corrected chi connectivity index (χ0v) is 14.1. The first-order valence-corrected chi connectivity index (χ1v) is 14.8. The molecule has 1 rings (SSSR count). The van der Waals surface area contributed by atoms with Gasteiger partial charge in [0.05, 0.1) is 7.83 Å². The monoisotopic (exact) mass is 247 g/mol. The van der Waals surface area contributed by atoms with E-state index in [0.29, 0.717) is 0 Å². The lowest BCUT2D eigenvalue weighted by Gasteiger charge is -2.54. The van der Waals surface area contributed by atoms with Gasteiger partial charge in [-0.3, -0.25) is 9.35 Å². The molecule has 0 amide bonds. The van der Waals surface area contributed by atoms with Crippen molar-refractivity contribution in [3.63, 3.8) is 0 Å². The summed E-state index contributed by atoms with van der Waals surface area (Å²) in [6, 6.07) is 2.96. The molecule has 0 aromatic rings. The predicted octanol–water partition coefficient (Wildman–Crippen LogP) is 0.126. The summed E-state index contributed by atoms with van der Waals surface area (Å²) in [5, 5.41) is 2.39. The summed E-state index contributed by atoms with van der Waals surface area (Å²) < 4.78 is 5.15. The van der Waals surface area contributed by atoms with Gasteiger partial charge in [0.25, 0.3) is 0 Å². The Morgan fingerprint density at radius 2 is 1.79 bits per heavy atom. The van der Waals surface area contributed by atoms with E-state index in [-0.39, 0.29) is 9.20 Å². The van der Waals surface area contributed by atoms with Crippen molar-refractivity contribution in [1.82, 2.24) is 14.5 Å². The Hall–Kier alpha value is 0.531. The first-order valence-electron chi connectivity index (χ1n) is 5.65. The molecule has 3 nitrogen and oxygen atoms in total. The Kier molecular flexibility index (Phi) is 4.12. The van der Waals surface area contributed by atoms with Crippen molar-refractivity contribution in [2.75, 3.05) is 21.1 Å². The Bertz CT molecular complexity index is 200. The summed E-state index contributed by atoms with van der Waals surface area (Å²) in [4.78, 5) is 0. The van der Waals surface area contributed by atoms with Gasteiger partial charge in [0, 0.05) is 7.05 Å². The van der Waals surface area contributed by atoms with Crippen molar-refractivity contribution < 1.29 is 0 Å². The Balaban J connectivity index is 2.89. The summed E-state index contributed by atoms with van der Waals surface area (Å²) in [5.41, 5.74) is 0. The second-order valence-corrected chi connectivity index (χ2v) is 24.9. The zero-order valence-electron chi connectivity index (χ0n) is 10.5. The predicted molar refractivity (Wildman–Crippen MR) is 71.6 cm³/mol. The summed E-state index contributed by atoms with van der Waals surface area (Å²) in [5.74, 6) is 0. The molecule has 1 saturated heterocycles. The van der Waals surface area contributed by atoms with Crippen molar-refractivity contribution in [3.8, 4) is 0 Å². The fourth-order valence-electron chi connectivity index (χ4n) is 2.54. The zero-order chi connectivity index (χ0) is 10.9. The minimum atomic E-state index is -1.03. The van der Waals surface area contributed by atoms with E-state index in [1.807, 2.05) is 0 Å². The summed E-state index contributed by atoms with van der Waals surface area (Å²) in [6.07, 6.45) is 0. The summed E-state index contributed by atoms with van der Waals surface area (Å²) in [7, 11) is 5.46. The van der Waals surface area contributed by atoms with Gasteiger partial charge >= 0.3 is 0 Å². The highest BCUT2D eigenvalue weighted by Crippen LogP contribution is 2.24. The molecule has 0 aromatic carbocycles. The molecule has 84 valence electrons. The number of hydrazine groups is 2. The number of hydrogen-bond acceptors (Lipinski definition) is 3. The SMILES string of the molecule is CC[SiH]1[SiH2]N(C)N(C)N(C)[Si]1(C)CC. The van der Waals surface area contributed by atoms with Gasteiger partial charge in [0.15, 0.2) is 0 Å². The molecule has 1 aliphatic rings. The standard InChI is InChI=1S/C8H25N3Si3/c1-7-13-12-10(4)9(3)11(5)14(13,6)8-2/h13H,7-8,12H2,1-6H3. The molecular weight excluding hydrogens is 222 g/mol. The minimum Gasteiger partial charge on any atom is -0.264 e. The van der Waals surface area contributed by atoms with Gasteiger partial charge in [-0.15, -0.1) is 0 Å². The van der Waals surface area contributed by atoms with Crippen LogP contribution in [0, 0.1) is 0 Å². The molecule has 2 unspecified atom stereocenters. The van der Waals surface area contributed by atoms with Crippen LogP contribution in [-0.2, 0) is 0 Å². The van der Waals surface area contributed by atoms with E-state index in [9.17, 15) is 0 Å². The third-order valence-corrected chi connectivity index (χ3v) is 34.6. The van der Waals surface area contributed by atoms with Crippen LogP contribution < -0.4 is 0 Å². The fraction of sp³-hybridized carbons (Fsp3) is 1.00. The largest absolute Gasteiger partial charge is 0.264 e. The molecule has 1 heterocycles. The third-order valence-electron chi connectivity index (χ3n) is 4.24. The normalized spacial score (nSPS) is 39.4. The first kappa shape index (κ1) is 12.6. The molecule has 14 heavy (non-hydrogen) atoms. The van der Waals surface area contributed by atoms with Gasteiger partial charge in [0.1, 0.15) is 17.0 Å². The molecular formula is C8H25N3Si3. The maximum absolute atomic E-state index is 2.61. The fourth-order valence-corrected chi connectivity index (χ4v) is 29.6. The van der Waals surface area contributed by atoms with Crippen molar-refractivity contribution in [2.45, 2.75) is 32.5 Å². The van der Waals surface area contributed by atoms with Gasteiger partial charge in [0.2, 0.25) is 0 Å². The molecule has 0 radical (unpaired) electrons. The quantitative estimate of drug-likeness (QED) is 0.642. The molecule has 0 spiro atoms. The van der Waals surface area contributed by atoms with Crippen LogP contribution in [0.15, 0.2) is 0 Å². The van der Waals surface area contributed by atoms with Crippen molar-refractivity contribution >= 4 is 24.8 Å². The lowest BCUT2D eigenvalue weighted by atomic mass is 11.0. The second-order valence-electron chi connectivity index (χ2n) is 4.67. The van der Waals surface area contributed by atoms with Gasteiger partial charge < -0.3 is 0 Å². The van der Waals surface area contributed by atoms with E-state index in [0.717, 1.165) is 0 Å². The number of rotatable bonds is 2. The Labute approximate surface area is 93.2 Å². The van der Waals surface area contributed by atoms with E-state index in [4.69, 9.17) is 0 Å². The van der Waals surface area contributed by atoms with Crippen LogP contribution in [0.25, 0.3) is 0 Å².